The van der Waals surface area contributed by atoms with E-state index < -0.39 is 10.0 Å². The number of piperidine rings is 1. The largest absolute Gasteiger partial charge is 0.357 e. The van der Waals surface area contributed by atoms with Gasteiger partial charge < -0.3 is 5.32 Å². The molecule has 1 aliphatic heterocycles. The molecule has 1 unspecified atom stereocenters. The molecule has 0 amide bonds. The molecular formula is C13H23N5O2S. The molecule has 1 aromatic heterocycles. The molecule has 1 atom stereocenters. The number of hydrogen-bond donors (Lipinski definition) is 2. The predicted molar refractivity (Wildman–Crippen MR) is 81.7 cm³/mol. The van der Waals surface area contributed by atoms with Crippen molar-refractivity contribution in [3.63, 3.8) is 0 Å². The van der Waals surface area contributed by atoms with Gasteiger partial charge in [-0.05, 0) is 32.9 Å². The zero-order valence-corrected chi connectivity index (χ0v) is 13.4. The van der Waals surface area contributed by atoms with Crippen LogP contribution in [0.1, 0.15) is 26.2 Å². The molecule has 2 rings (SSSR count). The van der Waals surface area contributed by atoms with Gasteiger partial charge in [-0.2, -0.15) is 0 Å². The Labute approximate surface area is 126 Å². The van der Waals surface area contributed by atoms with E-state index >= 15 is 0 Å². The van der Waals surface area contributed by atoms with Crippen LogP contribution in [0, 0.1) is 0 Å². The SMILES string of the molecule is CNc1ncc(S(=O)(=O)NCC(C)N2CCCCC2)cn1. The Hall–Kier alpha value is -1.25. The summed E-state index contributed by atoms with van der Waals surface area (Å²) in [6.45, 7) is 4.54. The lowest BCUT2D eigenvalue weighted by Crippen LogP contribution is -2.44. The average molecular weight is 313 g/mol. The van der Waals surface area contributed by atoms with Crippen molar-refractivity contribution in [3.8, 4) is 0 Å². The van der Waals surface area contributed by atoms with Crippen molar-refractivity contribution < 1.29 is 8.42 Å². The summed E-state index contributed by atoms with van der Waals surface area (Å²) in [7, 11) is -1.87. The van der Waals surface area contributed by atoms with Crippen LogP contribution >= 0.6 is 0 Å². The lowest BCUT2D eigenvalue weighted by molar-refractivity contribution is 0.175. The van der Waals surface area contributed by atoms with E-state index in [2.05, 4.69) is 31.8 Å². The molecule has 1 saturated heterocycles. The molecule has 7 nitrogen and oxygen atoms in total. The predicted octanol–water partition coefficient (Wildman–Crippen LogP) is 0.671. The van der Waals surface area contributed by atoms with Crippen molar-refractivity contribution in [1.29, 1.82) is 0 Å². The first kappa shape index (κ1) is 16.1. The van der Waals surface area contributed by atoms with Crippen molar-refractivity contribution in [2.24, 2.45) is 0 Å². The zero-order chi connectivity index (χ0) is 15.3. The summed E-state index contributed by atoms with van der Waals surface area (Å²) >= 11 is 0. The summed E-state index contributed by atoms with van der Waals surface area (Å²) in [5, 5.41) is 2.75. The van der Waals surface area contributed by atoms with Crippen LogP contribution in [-0.2, 0) is 10.0 Å². The standard InChI is InChI=1S/C13H23N5O2S/c1-11(18-6-4-3-5-7-18)8-17-21(19,20)12-9-15-13(14-2)16-10-12/h9-11,17H,3-8H2,1-2H3,(H,14,15,16). The summed E-state index contributed by atoms with van der Waals surface area (Å²) in [5.74, 6) is 0.399. The molecule has 0 spiro atoms. The van der Waals surface area contributed by atoms with E-state index in [1.165, 1.54) is 31.7 Å². The minimum Gasteiger partial charge on any atom is -0.357 e. The highest BCUT2D eigenvalue weighted by molar-refractivity contribution is 7.89. The number of likely N-dealkylation sites (tertiary alicyclic amines) is 1. The van der Waals surface area contributed by atoms with Gasteiger partial charge in [0.05, 0.1) is 12.4 Å². The van der Waals surface area contributed by atoms with Gasteiger partial charge in [0.1, 0.15) is 4.90 Å². The minimum atomic E-state index is -3.55. The van der Waals surface area contributed by atoms with Gasteiger partial charge in [-0.1, -0.05) is 6.42 Å². The number of hydrogen-bond acceptors (Lipinski definition) is 6. The fourth-order valence-electron chi connectivity index (χ4n) is 2.39. The number of nitrogens with zero attached hydrogens (tertiary/aromatic N) is 3. The van der Waals surface area contributed by atoms with Crippen molar-refractivity contribution in [2.45, 2.75) is 37.1 Å². The molecule has 1 fully saturated rings. The molecule has 0 bridgehead atoms. The Morgan fingerprint density at radius 2 is 1.86 bits per heavy atom. The molecule has 2 heterocycles. The van der Waals surface area contributed by atoms with E-state index in [-0.39, 0.29) is 10.9 Å². The first-order valence-electron chi connectivity index (χ1n) is 7.26. The van der Waals surface area contributed by atoms with Gasteiger partial charge in [0, 0.05) is 19.6 Å². The fraction of sp³-hybridized carbons (Fsp3) is 0.692. The molecule has 2 N–H and O–H groups in total. The Balaban J connectivity index is 1.93. The summed E-state index contributed by atoms with van der Waals surface area (Å²) in [6.07, 6.45) is 6.27. The van der Waals surface area contributed by atoms with E-state index in [0.29, 0.717) is 12.5 Å². The van der Waals surface area contributed by atoms with Crippen LogP contribution in [0.5, 0.6) is 0 Å². The van der Waals surface area contributed by atoms with Gasteiger partial charge in [-0.15, -0.1) is 0 Å². The molecule has 1 aliphatic rings. The molecule has 1 aromatic rings. The van der Waals surface area contributed by atoms with Crippen molar-refractivity contribution in [1.82, 2.24) is 19.6 Å². The second-order valence-corrected chi connectivity index (χ2v) is 7.06. The third-order valence-corrected chi connectivity index (χ3v) is 5.12. The second-order valence-electron chi connectivity index (χ2n) is 5.29. The molecule has 0 saturated carbocycles. The van der Waals surface area contributed by atoms with Gasteiger partial charge in [-0.3, -0.25) is 4.90 Å². The van der Waals surface area contributed by atoms with E-state index in [4.69, 9.17) is 0 Å². The van der Waals surface area contributed by atoms with E-state index in [1.807, 2.05) is 0 Å². The molecule has 0 aliphatic carbocycles. The number of sulfonamides is 1. The first-order valence-corrected chi connectivity index (χ1v) is 8.75. The minimum absolute atomic E-state index is 0.0901. The van der Waals surface area contributed by atoms with Crippen LogP contribution in [-0.4, -0.2) is 56.0 Å². The Morgan fingerprint density at radius 1 is 1.24 bits per heavy atom. The smallest absolute Gasteiger partial charge is 0.243 e. The van der Waals surface area contributed by atoms with Gasteiger partial charge in [-0.25, -0.2) is 23.1 Å². The Kier molecular flexibility index (Phi) is 5.49. The molecular weight excluding hydrogens is 290 g/mol. The number of nitrogens with one attached hydrogen (secondary N) is 2. The van der Waals surface area contributed by atoms with Crippen LogP contribution in [0.25, 0.3) is 0 Å². The van der Waals surface area contributed by atoms with Crippen LogP contribution in [0.15, 0.2) is 17.3 Å². The summed E-state index contributed by atoms with van der Waals surface area (Å²) < 4.78 is 27.0. The lowest BCUT2D eigenvalue weighted by Gasteiger charge is -2.32. The Bertz CT molecular complexity index is 540. The maximum absolute atomic E-state index is 12.2. The maximum atomic E-state index is 12.2. The van der Waals surface area contributed by atoms with Gasteiger partial charge >= 0.3 is 0 Å². The van der Waals surface area contributed by atoms with Crippen molar-refractivity contribution in [2.75, 3.05) is 32.0 Å². The molecule has 118 valence electrons. The highest BCUT2D eigenvalue weighted by atomic mass is 32.2. The highest BCUT2D eigenvalue weighted by Gasteiger charge is 2.20. The number of aromatic nitrogens is 2. The normalized spacial score (nSPS) is 18.4. The fourth-order valence-corrected chi connectivity index (χ4v) is 3.40. The van der Waals surface area contributed by atoms with Crippen molar-refractivity contribution in [3.05, 3.63) is 12.4 Å². The van der Waals surface area contributed by atoms with Gasteiger partial charge in [0.15, 0.2) is 0 Å². The Morgan fingerprint density at radius 3 is 2.43 bits per heavy atom. The van der Waals surface area contributed by atoms with Crippen molar-refractivity contribution >= 4 is 16.0 Å². The molecule has 0 aromatic carbocycles. The zero-order valence-electron chi connectivity index (χ0n) is 12.5. The third-order valence-electron chi connectivity index (χ3n) is 3.74. The maximum Gasteiger partial charge on any atom is 0.243 e. The number of rotatable bonds is 6. The summed E-state index contributed by atoms with van der Waals surface area (Å²) in [5.41, 5.74) is 0. The first-order chi connectivity index (χ1) is 10.0. The summed E-state index contributed by atoms with van der Waals surface area (Å²) in [6, 6.07) is 0.192. The van der Waals surface area contributed by atoms with Crippen LogP contribution < -0.4 is 10.0 Å². The van der Waals surface area contributed by atoms with Crippen LogP contribution in [0.3, 0.4) is 0 Å². The molecule has 0 radical (unpaired) electrons. The highest BCUT2D eigenvalue weighted by Crippen LogP contribution is 2.12. The van der Waals surface area contributed by atoms with Crippen LogP contribution in [0.2, 0.25) is 0 Å². The van der Waals surface area contributed by atoms with E-state index in [1.54, 1.807) is 7.05 Å². The lowest BCUT2D eigenvalue weighted by atomic mass is 10.1. The second kappa shape index (κ2) is 7.15. The average Bonchev–Trinajstić information content (AvgIpc) is 2.53. The van der Waals surface area contributed by atoms with E-state index in [0.717, 1.165) is 13.1 Å². The molecule has 8 heteroatoms. The summed E-state index contributed by atoms with van der Waals surface area (Å²) in [4.78, 5) is 10.3. The topological polar surface area (TPSA) is 87.2 Å². The van der Waals surface area contributed by atoms with Crippen LogP contribution in [0.4, 0.5) is 5.95 Å². The quantitative estimate of drug-likeness (QED) is 0.803. The van der Waals surface area contributed by atoms with E-state index in [9.17, 15) is 8.42 Å². The van der Waals surface area contributed by atoms with Gasteiger partial charge in [0.2, 0.25) is 16.0 Å². The molecule has 21 heavy (non-hydrogen) atoms. The van der Waals surface area contributed by atoms with Gasteiger partial charge in [0.25, 0.3) is 0 Å². The number of anilines is 1. The third kappa shape index (κ3) is 4.36. The monoisotopic (exact) mass is 313 g/mol.